The van der Waals surface area contributed by atoms with Gasteiger partial charge in [0, 0.05) is 6.54 Å². The van der Waals surface area contributed by atoms with E-state index in [9.17, 15) is 14.3 Å². The highest BCUT2D eigenvalue weighted by Crippen LogP contribution is 2.19. The summed E-state index contributed by atoms with van der Waals surface area (Å²) in [6.45, 7) is 0.000228. The number of hydrogen-bond acceptors (Lipinski definition) is 3. The summed E-state index contributed by atoms with van der Waals surface area (Å²) < 4.78 is 13.5. The fourth-order valence-corrected chi connectivity index (χ4v) is 2.53. The fraction of sp³-hybridized carbons (Fsp3) is 0.154. The maximum Gasteiger partial charge on any atom is 0.255 e. The molecule has 0 aliphatic carbocycles. The van der Waals surface area contributed by atoms with E-state index in [1.807, 2.05) is 5.38 Å². The SMILES string of the molecule is O=C(NC[C@@H](O)c1ccsc1)c1c(F)cccc1Cl. The predicted molar refractivity (Wildman–Crippen MR) is 73.0 cm³/mol. The third kappa shape index (κ3) is 3.32. The number of thiophene rings is 1. The topological polar surface area (TPSA) is 49.3 Å². The molecule has 1 atom stereocenters. The van der Waals surface area contributed by atoms with Crippen LogP contribution in [0.4, 0.5) is 4.39 Å². The van der Waals surface area contributed by atoms with Gasteiger partial charge in [-0.15, -0.1) is 0 Å². The monoisotopic (exact) mass is 299 g/mol. The van der Waals surface area contributed by atoms with Crippen molar-refractivity contribution in [2.24, 2.45) is 0 Å². The Kier molecular flexibility index (Phi) is 4.52. The molecule has 0 bridgehead atoms. The van der Waals surface area contributed by atoms with Gasteiger partial charge in [0.2, 0.25) is 0 Å². The number of hydrogen-bond donors (Lipinski definition) is 2. The lowest BCUT2D eigenvalue weighted by atomic mass is 10.1. The fourth-order valence-electron chi connectivity index (χ4n) is 1.57. The van der Waals surface area contributed by atoms with Gasteiger partial charge >= 0.3 is 0 Å². The average molecular weight is 300 g/mol. The predicted octanol–water partition coefficient (Wildman–Crippen LogP) is 3.00. The second kappa shape index (κ2) is 6.14. The highest BCUT2D eigenvalue weighted by molar-refractivity contribution is 7.07. The quantitative estimate of drug-likeness (QED) is 0.912. The lowest BCUT2D eigenvalue weighted by Crippen LogP contribution is -2.29. The van der Waals surface area contributed by atoms with Crippen molar-refractivity contribution in [1.82, 2.24) is 5.32 Å². The normalized spacial score (nSPS) is 12.2. The van der Waals surface area contributed by atoms with Crippen molar-refractivity contribution in [1.29, 1.82) is 0 Å². The highest BCUT2D eigenvalue weighted by Gasteiger charge is 2.17. The van der Waals surface area contributed by atoms with Crippen LogP contribution in [0.1, 0.15) is 22.0 Å². The van der Waals surface area contributed by atoms with Crippen LogP contribution in [0.3, 0.4) is 0 Å². The van der Waals surface area contributed by atoms with Gasteiger partial charge in [-0.1, -0.05) is 17.7 Å². The van der Waals surface area contributed by atoms with Crippen LogP contribution < -0.4 is 5.32 Å². The summed E-state index contributed by atoms with van der Waals surface area (Å²) in [5, 5.41) is 15.9. The number of aliphatic hydroxyl groups excluding tert-OH is 1. The zero-order chi connectivity index (χ0) is 13.8. The molecule has 0 unspecified atom stereocenters. The Morgan fingerprint density at radius 2 is 2.26 bits per heavy atom. The van der Waals surface area contributed by atoms with Gasteiger partial charge in [0.25, 0.3) is 5.91 Å². The van der Waals surface area contributed by atoms with Crippen LogP contribution in [-0.2, 0) is 0 Å². The van der Waals surface area contributed by atoms with E-state index in [0.29, 0.717) is 5.56 Å². The summed E-state index contributed by atoms with van der Waals surface area (Å²) in [7, 11) is 0. The van der Waals surface area contributed by atoms with E-state index >= 15 is 0 Å². The molecule has 0 saturated heterocycles. The lowest BCUT2D eigenvalue weighted by Gasteiger charge is -2.11. The molecule has 0 aliphatic heterocycles. The van der Waals surface area contributed by atoms with Crippen LogP contribution in [0.25, 0.3) is 0 Å². The number of halogens is 2. The Morgan fingerprint density at radius 3 is 2.89 bits per heavy atom. The van der Waals surface area contributed by atoms with Gasteiger partial charge in [-0.2, -0.15) is 11.3 Å². The van der Waals surface area contributed by atoms with Crippen LogP contribution in [0.15, 0.2) is 35.0 Å². The summed E-state index contributed by atoms with van der Waals surface area (Å²) in [4.78, 5) is 11.8. The third-order valence-corrected chi connectivity index (χ3v) is 3.59. The zero-order valence-corrected chi connectivity index (χ0v) is 11.3. The van der Waals surface area contributed by atoms with Crippen LogP contribution >= 0.6 is 22.9 Å². The molecule has 2 N–H and O–H groups in total. The summed E-state index contributed by atoms with van der Waals surface area (Å²) in [5.41, 5.74) is 0.506. The number of nitrogens with one attached hydrogen (secondary N) is 1. The highest BCUT2D eigenvalue weighted by atomic mass is 35.5. The number of amides is 1. The van der Waals surface area contributed by atoms with Crippen molar-refractivity contribution in [2.75, 3.05) is 6.54 Å². The smallest absolute Gasteiger partial charge is 0.255 e. The first-order valence-corrected chi connectivity index (χ1v) is 6.84. The summed E-state index contributed by atoms with van der Waals surface area (Å²) in [6, 6.07) is 5.79. The zero-order valence-electron chi connectivity index (χ0n) is 9.77. The number of aliphatic hydroxyl groups is 1. The second-order valence-electron chi connectivity index (χ2n) is 3.88. The van der Waals surface area contributed by atoms with E-state index < -0.39 is 17.8 Å². The molecule has 1 aromatic carbocycles. The molecule has 0 saturated carbocycles. The number of rotatable bonds is 4. The van der Waals surface area contributed by atoms with Crippen molar-refractivity contribution in [3.63, 3.8) is 0 Å². The van der Waals surface area contributed by atoms with E-state index in [-0.39, 0.29) is 17.1 Å². The van der Waals surface area contributed by atoms with Crippen LogP contribution in [0, 0.1) is 5.82 Å². The molecule has 0 spiro atoms. The minimum Gasteiger partial charge on any atom is -0.387 e. The molecular formula is C13H11ClFNO2S. The van der Waals surface area contributed by atoms with Crippen LogP contribution in [0.5, 0.6) is 0 Å². The molecule has 1 amide bonds. The summed E-state index contributed by atoms with van der Waals surface area (Å²) >= 11 is 7.23. The molecular weight excluding hydrogens is 289 g/mol. The molecule has 3 nitrogen and oxygen atoms in total. The van der Waals surface area contributed by atoms with Crippen molar-refractivity contribution in [2.45, 2.75) is 6.10 Å². The van der Waals surface area contributed by atoms with Crippen LogP contribution in [-0.4, -0.2) is 17.6 Å². The van der Waals surface area contributed by atoms with Crippen molar-refractivity contribution < 1.29 is 14.3 Å². The van der Waals surface area contributed by atoms with E-state index in [4.69, 9.17) is 11.6 Å². The summed E-state index contributed by atoms with van der Waals surface area (Å²) in [5.74, 6) is -1.33. The van der Waals surface area contributed by atoms with Crippen LogP contribution in [0.2, 0.25) is 5.02 Å². The van der Waals surface area contributed by atoms with E-state index in [1.54, 1.807) is 11.4 Å². The first kappa shape index (κ1) is 14.0. The van der Waals surface area contributed by atoms with E-state index in [2.05, 4.69) is 5.32 Å². The maximum absolute atomic E-state index is 13.5. The van der Waals surface area contributed by atoms with Gasteiger partial charge in [0.05, 0.1) is 16.7 Å². The van der Waals surface area contributed by atoms with Gasteiger partial charge in [-0.3, -0.25) is 4.79 Å². The van der Waals surface area contributed by atoms with Gasteiger partial charge in [-0.05, 0) is 34.5 Å². The van der Waals surface area contributed by atoms with E-state index in [1.165, 1.54) is 23.5 Å². The van der Waals surface area contributed by atoms with Crippen molar-refractivity contribution in [3.8, 4) is 0 Å². The minimum atomic E-state index is -0.819. The Hall–Kier alpha value is -1.43. The third-order valence-electron chi connectivity index (χ3n) is 2.57. The molecule has 100 valence electrons. The second-order valence-corrected chi connectivity index (χ2v) is 5.07. The Balaban J connectivity index is 2.02. The summed E-state index contributed by atoms with van der Waals surface area (Å²) in [6.07, 6.45) is -0.819. The lowest BCUT2D eigenvalue weighted by molar-refractivity contribution is 0.0912. The average Bonchev–Trinajstić information content (AvgIpc) is 2.89. The molecule has 19 heavy (non-hydrogen) atoms. The molecule has 0 fully saturated rings. The van der Waals surface area contributed by atoms with Crippen molar-refractivity contribution >= 4 is 28.8 Å². The Labute approximate surface area is 118 Å². The number of benzene rings is 1. The van der Waals surface area contributed by atoms with Gasteiger partial charge in [0.15, 0.2) is 0 Å². The molecule has 1 heterocycles. The van der Waals surface area contributed by atoms with Gasteiger partial charge < -0.3 is 10.4 Å². The first-order valence-electron chi connectivity index (χ1n) is 5.52. The minimum absolute atomic E-state index is 0.000228. The molecule has 1 aromatic heterocycles. The molecule has 0 radical (unpaired) electrons. The van der Waals surface area contributed by atoms with E-state index in [0.717, 1.165) is 6.07 Å². The van der Waals surface area contributed by atoms with Gasteiger partial charge in [0.1, 0.15) is 5.82 Å². The molecule has 6 heteroatoms. The first-order chi connectivity index (χ1) is 9.09. The largest absolute Gasteiger partial charge is 0.387 e. The van der Waals surface area contributed by atoms with Crippen molar-refractivity contribution in [3.05, 3.63) is 57.0 Å². The Morgan fingerprint density at radius 1 is 1.47 bits per heavy atom. The standard InChI is InChI=1S/C13H11ClFNO2S/c14-9-2-1-3-10(15)12(9)13(18)16-6-11(17)8-4-5-19-7-8/h1-5,7,11,17H,6H2,(H,16,18)/t11-/m1/s1. The molecule has 2 aromatic rings. The number of carbonyl (C=O) groups excluding carboxylic acids is 1. The number of carbonyl (C=O) groups is 1. The Bertz CT molecular complexity index is 554. The molecule has 0 aliphatic rings. The molecule has 2 rings (SSSR count). The van der Waals surface area contributed by atoms with Gasteiger partial charge in [-0.25, -0.2) is 4.39 Å². The maximum atomic E-state index is 13.5.